The summed E-state index contributed by atoms with van der Waals surface area (Å²) in [6.07, 6.45) is 1.14. The zero-order valence-corrected chi connectivity index (χ0v) is 10.2. The second kappa shape index (κ2) is 5.12. The monoisotopic (exact) mass is 207 g/mol. The quantitative estimate of drug-likeness (QED) is 0.821. The van der Waals surface area contributed by atoms with Gasteiger partial charge in [-0.05, 0) is 26.3 Å². The first-order valence-corrected chi connectivity index (χ1v) is 5.48. The lowest BCUT2D eigenvalue weighted by Gasteiger charge is -2.23. The molecule has 0 radical (unpaired) electrons. The molecule has 0 bridgehead atoms. The first kappa shape index (κ1) is 12.0. The van der Waals surface area contributed by atoms with E-state index in [1.807, 2.05) is 13.8 Å². The number of pyridine rings is 1. The van der Waals surface area contributed by atoms with Crippen LogP contribution in [0.25, 0.3) is 0 Å². The third-order valence-electron chi connectivity index (χ3n) is 2.61. The minimum Gasteiger partial charge on any atom is -0.374 e. The van der Waals surface area contributed by atoms with E-state index >= 15 is 0 Å². The maximum atomic E-state index is 5.77. The van der Waals surface area contributed by atoms with Crippen molar-refractivity contribution >= 4 is 5.69 Å². The van der Waals surface area contributed by atoms with Crippen LogP contribution in [0, 0.1) is 13.8 Å². The van der Waals surface area contributed by atoms with Crippen molar-refractivity contribution < 1.29 is 0 Å². The topological polar surface area (TPSA) is 42.2 Å². The molecule has 2 N–H and O–H groups in total. The smallest absolute Gasteiger partial charge is 0.0445 e. The van der Waals surface area contributed by atoms with Gasteiger partial charge < -0.3 is 10.6 Å². The van der Waals surface area contributed by atoms with Gasteiger partial charge in [-0.15, -0.1) is 0 Å². The van der Waals surface area contributed by atoms with Crippen molar-refractivity contribution in [2.75, 3.05) is 18.5 Å². The average molecular weight is 207 g/mol. The van der Waals surface area contributed by atoms with Gasteiger partial charge in [-0.25, -0.2) is 0 Å². The maximum Gasteiger partial charge on any atom is 0.0445 e. The highest BCUT2D eigenvalue weighted by molar-refractivity contribution is 5.55. The lowest BCUT2D eigenvalue weighted by Crippen LogP contribution is -2.21. The molecule has 0 aromatic carbocycles. The molecule has 3 heteroatoms. The van der Waals surface area contributed by atoms with E-state index in [1.54, 1.807) is 0 Å². The molecule has 0 amide bonds. The van der Waals surface area contributed by atoms with E-state index in [2.05, 4.69) is 29.9 Å². The van der Waals surface area contributed by atoms with Crippen LogP contribution in [0.1, 0.15) is 30.3 Å². The Balaban J connectivity index is 3.13. The van der Waals surface area contributed by atoms with Gasteiger partial charge in [0.05, 0.1) is 0 Å². The van der Waals surface area contributed by atoms with Gasteiger partial charge in [0.1, 0.15) is 0 Å². The fourth-order valence-corrected chi connectivity index (χ4v) is 1.88. The molecular formula is C12H21N3. The second-order valence-electron chi connectivity index (χ2n) is 3.97. The Morgan fingerprint density at radius 1 is 1.40 bits per heavy atom. The average Bonchev–Trinajstić information content (AvgIpc) is 2.17. The first-order valence-electron chi connectivity index (χ1n) is 5.48. The Labute approximate surface area is 92.3 Å². The SMILES string of the molecule is CCCN(C)c1cc(C)nc(C)c1CN. The number of aryl methyl sites for hydroxylation is 2. The molecule has 0 atom stereocenters. The van der Waals surface area contributed by atoms with Crippen LogP contribution in [0.3, 0.4) is 0 Å². The van der Waals surface area contributed by atoms with E-state index < -0.39 is 0 Å². The van der Waals surface area contributed by atoms with Crippen LogP contribution < -0.4 is 10.6 Å². The van der Waals surface area contributed by atoms with Gasteiger partial charge >= 0.3 is 0 Å². The molecule has 0 fully saturated rings. The van der Waals surface area contributed by atoms with Gasteiger partial charge in [0.2, 0.25) is 0 Å². The highest BCUT2D eigenvalue weighted by atomic mass is 15.1. The summed E-state index contributed by atoms with van der Waals surface area (Å²) in [5.41, 5.74) is 10.3. The van der Waals surface area contributed by atoms with E-state index in [4.69, 9.17) is 5.73 Å². The number of rotatable bonds is 4. The maximum absolute atomic E-state index is 5.77. The summed E-state index contributed by atoms with van der Waals surface area (Å²) in [6, 6.07) is 2.12. The Kier molecular flexibility index (Phi) is 4.09. The summed E-state index contributed by atoms with van der Waals surface area (Å²) in [4.78, 5) is 6.69. The van der Waals surface area contributed by atoms with Crippen molar-refractivity contribution in [2.24, 2.45) is 5.73 Å². The summed E-state index contributed by atoms with van der Waals surface area (Å²) in [5.74, 6) is 0. The highest BCUT2D eigenvalue weighted by Gasteiger charge is 2.10. The van der Waals surface area contributed by atoms with Crippen molar-refractivity contribution in [2.45, 2.75) is 33.7 Å². The fourth-order valence-electron chi connectivity index (χ4n) is 1.88. The zero-order chi connectivity index (χ0) is 11.4. The molecule has 84 valence electrons. The van der Waals surface area contributed by atoms with Crippen molar-refractivity contribution in [3.8, 4) is 0 Å². The fraction of sp³-hybridized carbons (Fsp3) is 0.583. The summed E-state index contributed by atoms with van der Waals surface area (Å²) >= 11 is 0. The molecule has 0 saturated carbocycles. The molecular weight excluding hydrogens is 186 g/mol. The molecule has 1 aromatic heterocycles. The predicted molar refractivity (Wildman–Crippen MR) is 65.2 cm³/mol. The number of nitrogens with two attached hydrogens (primary N) is 1. The van der Waals surface area contributed by atoms with Crippen molar-refractivity contribution in [1.29, 1.82) is 0 Å². The second-order valence-corrected chi connectivity index (χ2v) is 3.97. The molecule has 0 spiro atoms. The Morgan fingerprint density at radius 2 is 2.07 bits per heavy atom. The Hall–Kier alpha value is -1.09. The molecule has 1 heterocycles. The molecule has 0 aliphatic rings. The van der Waals surface area contributed by atoms with Crippen LogP contribution in [0.4, 0.5) is 5.69 Å². The lowest BCUT2D eigenvalue weighted by molar-refractivity contribution is 0.835. The Morgan fingerprint density at radius 3 is 2.60 bits per heavy atom. The number of anilines is 1. The Bertz CT molecular complexity index is 334. The number of aromatic nitrogens is 1. The van der Waals surface area contributed by atoms with Crippen LogP contribution in [0.15, 0.2) is 6.07 Å². The van der Waals surface area contributed by atoms with Gasteiger partial charge in [0.25, 0.3) is 0 Å². The molecule has 15 heavy (non-hydrogen) atoms. The minimum atomic E-state index is 0.558. The van der Waals surface area contributed by atoms with Crippen LogP contribution in [-0.4, -0.2) is 18.6 Å². The largest absolute Gasteiger partial charge is 0.374 e. The van der Waals surface area contributed by atoms with E-state index in [-0.39, 0.29) is 0 Å². The third kappa shape index (κ3) is 2.69. The molecule has 0 saturated heterocycles. The summed E-state index contributed by atoms with van der Waals surface area (Å²) in [7, 11) is 2.11. The zero-order valence-electron chi connectivity index (χ0n) is 10.2. The van der Waals surface area contributed by atoms with Crippen LogP contribution in [0.2, 0.25) is 0 Å². The summed E-state index contributed by atoms with van der Waals surface area (Å²) < 4.78 is 0. The first-order chi connectivity index (χ1) is 7.10. The summed E-state index contributed by atoms with van der Waals surface area (Å²) in [5, 5.41) is 0. The van der Waals surface area contributed by atoms with Gasteiger partial charge in [0, 0.05) is 42.8 Å². The third-order valence-corrected chi connectivity index (χ3v) is 2.61. The predicted octanol–water partition coefficient (Wildman–Crippen LogP) is 2.00. The van der Waals surface area contributed by atoms with E-state index in [0.717, 1.165) is 29.9 Å². The van der Waals surface area contributed by atoms with E-state index in [1.165, 1.54) is 5.69 Å². The standard InChI is InChI=1S/C12H21N3/c1-5-6-15(4)12-7-9(2)14-10(3)11(12)8-13/h7H,5-6,8,13H2,1-4H3. The highest BCUT2D eigenvalue weighted by Crippen LogP contribution is 2.22. The van der Waals surface area contributed by atoms with E-state index in [0.29, 0.717) is 6.54 Å². The van der Waals surface area contributed by atoms with Gasteiger partial charge in [-0.1, -0.05) is 6.92 Å². The van der Waals surface area contributed by atoms with Gasteiger partial charge in [0.15, 0.2) is 0 Å². The summed E-state index contributed by atoms with van der Waals surface area (Å²) in [6.45, 7) is 7.84. The molecule has 0 unspecified atom stereocenters. The normalized spacial score (nSPS) is 10.5. The minimum absolute atomic E-state index is 0.558. The molecule has 0 aliphatic carbocycles. The van der Waals surface area contributed by atoms with E-state index in [9.17, 15) is 0 Å². The van der Waals surface area contributed by atoms with Crippen LogP contribution >= 0.6 is 0 Å². The van der Waals surface area contributed by atoms with Crippen molar-refractivity contribution in [1.82, 2.24) is 4.98 Å². The molecule has 1 rings (SSSR count). The van der Waals surface area contributed by atoms with Gasteiger partial charge in [-0.3, -0.25) is 4.98 Å². The molecule has 0 aliphatic heterocycles. The molecule has 3 nitrogen and oxygen atoms in total. The van der Waals surface area contributed by atoms with Crippen LogP contribution in [0.5, 0.6) is 0 Å². The molecule has 1 aromatic rings. The number of hydrogen-bond donors (Lipinski definition) is 1. The van der Waals surface area contributed by atoms with Crippen LogP contribution in [-0.2, 0) is 6.54 Å². The van der Waals surface area contributed by atoms with Crippen molar-refractivity contribution in [3.05, 3.63) is 23.0 Å². The number of hydrogen-bond acceptors (Lipinski definition) is 3. The van der Waals surface area contributed by atoms with Gasteiger partial charge in [-0.2, -0.15) is 0 Å². The van der Waals surface area contributed by atoms with Crippen molar-refractivity contribution in [3.63, 3.8) is 0 Å². The number of nitrogens with zero attached hydrogens (tertiary/aromatic N) is 2. The lowest BCUT2D eigenvalue weighted by atomic mass is 10.1.